The van der Waals surface area contributed by atoms with E-state index < -0.39 is 11.6 Å². The zero-order valence-electron chi connectivity index (χ0n) is 22.1. The van der Waals surface area contributed by atoms with Gasteiger partial charge in [-0.1, -0.05) is 18.2 Å². The Kier molecular flexibility index (Phi) is 7.43. The molecule has 4 rings (SSSR count). The van der Waals surface area contributed by atoms with E-state index in [1.165, 1.54) is 21.0 Å². The van der Waals surface area contributed by atoms with Gasteiger partial charge >= 0.3 is 0 Å². The number of nitrogens with zero attached hydrogens (tertiary/aromatic N) is 2. The van der Waals surface area contributed by atoms with E-state index in [2.05, 4.69) is 14.9 Å². The fourth-order valence-electron chi connectivity index (χ4n) is 5.20. The molecule has 198 valence electrons. The summed E-state index contributed by atoms with van der Waals surface area (Å²) in [7, 11) is 1.50. The zero-order chi connectivity index (χ0) is 26.9. The van der Waals surface area contributed by atoms with Crippen molar-refractivity contribution in [3.63, 3.8) is 0 Å². The average molecular weight is 511 g/mol. The van der Waals surface area contributed by atoms with Crippen LogP contribution in [0.1, 0.15) is 54.0 Å². The lowest BCUT2D eigenvalue weighted by molar-refractivity contribution is -0.143. The van der Waals surface area contributed by atoms with E-state index in [0.29, 0.717) is 48.1 Å². The van der Waals surface area contributed by atoms with Gasteiger partial charge in [-0.3, -0.25) is 14.4 Å². The summed E-state index contributed by atoms with van der Waals surface area (Å²) in [6.45, 7) is 8.08. The number of piperidine rings is 1. The van der Waals surface area contributed by atoms with Crippen LogP contribution in [-0.4, -0.2) is 52.1 Å². The van der Waals surface area contributed by atoms with Crippen LogP contribution >= 0.6 is 0 Å². The van der Waals surface area contributed by atoms with Crippen molar-refractivity contribution < 1.29 is 18.7 Å². The number of para-hydroxylation sites is 1. The first-order valence-electron chi connectivity index (χ1n) is 12.6. The van der Waals surface area contributed by atoms with Crippen molar-refractivity contribution in [1.82, 2.24) is 19.8 Å². The number of amides is 2. The minimum absolute atomic E-state index is 0.0357. The number of fused-ring (bicyclic) bond motifs is 1. The van der Waals surface area contributed by atoms with Crippen LogP contribution in [-0.2, 0) is 17.9 Å². The van der Waals surface area contributed by atoms with Crippen molar-refractivity contribution in [2.75, 3.05) is 20.2 Å². The van der Waals surface area contributed by atoms with Gasteiger partial charge in [-0.2, -0.15) is 0 Å². The summed E-state index contributed by atoms with van der Waals surface area (Å²) in [6.07, 6.45) is 1.54. The molecular formula is C28H35FN4O4. The maximum atomic E-state index is 14.1. The largest absolute Gasteiger partial charge is 0.496 e. The molecule has 2 amide bonds. The minimum Gasteiger partial charge on any atom is -0.496 e. The number of aromatic amines is 1. The molecule has 8 nitrogen and oxygen atoms in total. The van der Waals surface area contributed by atoms with Crippen LogP contribution in [0.4, 0.5) is 4.39 Å². The summed E-state index contributed by atoms with van der Waals surface area (Å²) < 4.78 is 21.6. The van der Waals surface area contributed by atoms with E-state index >= 15 is 0 Å². The lowest BCUT2D eigenvalue weighted by Crippen LogP contribution is -2.46. The molecule has 1 aromatic carbocycles. The number of rotatable bonds is 7. The third-order valence-electron chi connectivity index (χ3n) is 7.18. The molecule has 0 radical (unpaired) electrons. The highest BCUT2D eigenvalue weighted by Gasteiger charge is 2.34. The summed E-state index contributed by atoms with van der Waals surface area (Å²) in [5.74, 6) is 0.00542. The van der Waals surface area contributed by atoms with Crippen LogP contribution in [0.5, 0.6) is 5.75 Å². The van der Waals surface area contributed by atoms with Gasteiger partial charge < -0.3 is 24.5 Å². The van der Waals surface area contributed by atoms with E-state index in [4.69, 9.17) is 4.74 Å². The van der Waals surface area contributed by atoms with Gasteiger partial charge in [-0.05, 0) is 58.6 Å². The number of ether oxygens (including phenoxy) is 1. The van der Waals surface area contributed by atoms with Crippen molar-refractivity contribution in [3.05, 3.63) is 63.2 Å². The third kappa shape index (κ3) is 5.40. The van der Waals surface area contributed by atoms with Crippen LogP contribution < -0.4 is 15.6 Å². The Morgan fingerprint density at radius 1 is 1.19 bits per heavy atom. The molecule has 0 spiro atoms. The predicted molar refractivity (Wildman–Crippen MR) is 141 cm³/mol. The van der Waals surface area contributed by atoms with Gasteiger partial charge in [0.1, 0.15) is 5.75 Å². The van der Waals surface area contributed by atoms with Crippen molar-refractivity contribution >= 4 is 22.7 Å². The van der Waals surface area contributed by atoms with Gasteiger partial charge in [0.2, 0.25) is 0 Å². The zero-order valence-corrected chi connectivity index (χ0v) is 22.1. The smallest absolute Gasteiger partial charge is 0.259 e. The molecule has 0 aliphatic carbocycles. The Balaban J connectivity index is 1.54. The molecule has 1 saturated heterocycles. The van der Waals surface area contributed by atoms with Crippen LogP contribution in [0, 0.1) is 19.8 Å². The van der Waals surface area contributed by atoms with Crippen molar-refractivity contribution in [2.45, 2.75) is 59.3 Å². The number of carbonyl (C=O) groups is 2. The summed E-state index contributed by atoms with van der Waals surface area (Å²) >= 11 is 0. The maximum Gasteiger partial charge on any atom is 0.259 e. The molecule has 0 saturated carbocycles. The molecule has 1 aliphatic heterocycles. The predicted octanol–water partition coefficient (Wildman–Crippen LogP) is 3.87. The summed E-state index contributed by atoms with van der Waals surface area (Å²) in [5, 5.41) is 3.74. The number of nitrogens with one attached hydrogen (secondary N) is 2. The standard InChI is InChI=1S/C28H35FN4O4/c1-17-14-23(37-5)21(25(34)31-17)15-30-26(35)24-18(2)33(22-9-7-6-8-20(22)24)16-19-10-12-32(13-11-19)27(36)28(3,4)29/h6-9,14,19H,10-13,15-16H2,1-5H3,(H,30,35)(H,31,34). The Bertz CT molecular complexity index is 1380. The van der Waals surface area contributed by atoms with Gasteiger partial charge in [0.25, 0.3) is 17.4 Å². The molecule has 0 bridgehead atoms. The number of aryl methyl sites for hydroxylation is 1. The highest BCUT2D eigenvalue weighted by molar-refractivity contribution is 6.08. The number of carbonyl (C=O) groups excluding carboxylic acids is 2. The normalized spacial score (nSPS) is 14.7. The monoisotopic (exact) mass is 510 g/mol. The van der Waals surface area contributed by atoms with Gasteiger partial charge in [0.15, 0.2) is 5.67 Å². The molecule has 37 heavy (non-hydrogen) atoms. The van der Waals surface area contributed by atoms with E-state index in [9.17, 15) is 18.8 Å². The molecule has 2 N–H and O–H groups in total. The number of alkyl halides is 1. The van der Waals surface area contributed by atoms with Gasteiger partial charge in [0.05, 0.1) is 24.8 Å². The molecule has 0 unspecified atom stereocenters. The molecule has 9 heteroatoms. The lowest BCUT2D eigenvalue weighted by atomic mass is 9.95. The molecule has 0 atom stereocenters. The van der Waals surface area contributed by atoms with Crippen molar-refractivity contribution in [3.8, 4) is 5.75 Å². The second-order valence-electron chi connectivity index (χ2n) is 10.3. The Morgan fingerprint density at radius 2 is 1.86 bits per heavy atom. The maximum absolute atomic E-state index is 14.1. The number of benzene rings is 1. The fourth-order valence-corrected chi connectivity index (χ4v) is 5.20. The number of pyridine rings is 1. The first-order chi connectivity index (χ1) is 17.5. The number of hydrogen-bond donors (Lipinski definition) is 2. The first kappa shape index (κ1) is 26.4. The quantitative estimate of drug-likeness (QED) is 0.504. The van der Waals surface area contributed by atoms with Crippen LogP contribution in [0.15, 0.2) is 35.1 Å². The van der Waals surface area contributed by atoms with E-state index in [1.54, 1.807) is 17.9 Å². The molecular weight excluding hydrogens is 475 g/mol. The molecule has 2 aromatic heterocycles. The first-order valence-corrected chi connectivity index (χ1v) is 12.6. The lowest BCUT2D eigenvalue weighted by Gasteiger charge is -2.34. The second kappa shape index (κ2) is 10.4. The van der Waals surface area contributed by atoms with E-state index in [0.717, 1.165) is 29.4 Å². The molecule has 1 fully saturated rings. The highest BCUT2D eigenvalue weighted by Crippen LogP contribution is 2.30. The Hall–Kier alpha value is -3.62. The Morgan fingerprint density at radius 3 is 2.51 bits per heavy atom. The number of methoxy groups -OCH3 is 1. The third-order valence-corrected chi connectivity index (χ3v) is 7.18. The summed E-state index contributed by atoms with van der Waals surface area (Å²) in [5.41, 5.74) is 1.25. The van der Waals surface area contributed by atoms with E-state index in [-0.39, 0.29) is 18.0 Å². The minimum atomic E-state index is -1.87. The highest BCUT2D eigenvalue weighted by atomic mass is 19.1. The summed E-state index contributed by atoms with van der Waals surface area (Å²) in [6, 6.07) is 9.50. The number of hydrogen-bond acceptors (Lipinski definition) is 4. The van der Waals surface area contributed by atoms with Crippen LogP contribution in [0.3, 0.4) is 0 Å². The molecule has 3 aromatic rings. The fraction of sp³-hybridized carbons (Fsp3) is 0.464. The summed E-state index contributed by atoms with van der Waals surface area (Å²) in [4.78, 5) is 42.5. The van der Waals surface area contributed by atoms with Crippen molar-refractivity contribution in [1.29, 1.82) is 0 Å². The topological polar surface area (TPSA) is 96.4 Å². The van der Waals surface area contributed by atoms with Gasteiger partial charge in [-0.15, -0.1) is 0 Å². The average Bonchev–Trinajstić information content (AvgIpc) is 3.13. The number of likely N-dealkylation sites (tertiary alicyclic amines) is 1. The van der Waals surface area contributed by atoms with E-state index in [1.807, 2.05) is 31.2 Å². The van der Waals surface area contributed by atoms with Gasteiger partial charge in [0, 0.05) is 41.9 Å². The van der Waals surface area contributed by atoms with Crippen molar-refractivity contribution in [2.24, 2.45) is 5.92 Å². The number of halogens is 1. The van der Waals surface area contributed by atoms with Crippen LogP contribution in [0.25, 0.3) is 10.9 Å². The second-order valence-corrected chi connectivity index (χ2v) is 10.3. The van der Waals surface area contributed by atoms with Gasteiger partial charge in [-0.25, -0.2) is 4.39 Å². The molecule has 1 aliphatic rings. The number of aromatic nitrogens is 2. The molecule has 3 heterocycles. The van der Waals surface area contributed by atoms with Crippen LogP contribution in [0.2, 0.25) is 0 Å². The SMILES string of the molecule is COc1cc(C)[nH]c(=O)c1CNC(=O)c1c(C)n(CC2CCN(C(=O)C(C)(C)F)CC2)c2ccccc12. The Labute approximate surface area is 215 Å². The number of H-pyrrole nitrogens is 1.